The number of hydrogen-bond donors (Lipinski definition) is 1. The van der Waals surface area contributed by atoms with Crippen LogP contribution in [0.5, 0.6) is 0 Å². The van der Waals surface area contributed by atoms with Gasteiger partial charge in [0.05, 0.1) is 16.0 Å². The molecule has 0 saturated carbocycles. The average Bonchev–Trinajstić information content (AvgIpc) is 2.87. The van der Waals surface area contributed by atoms with Crippen LogP contribution in [0.4, 0.5) is 11.5 Å². The van der Waals surface area contributed by atoms with Crippen LogP contribution in [-0.4, -0.2) is 26.0 Å². The molecule has 7 heteroatoms. The fourth-order valence-corrected chi connectivity index (χ4v) is 2.53. The van der Waals surface area contributed by atoms with E-state index in [0.717, 1.165) is 36.4 Å². The van der Waals surface area contributed by atoms with Gasteiger partial charge in [-0.1, -0.05) is 12.1 Å². The van der Waals surface area contributed by atoms with Crippen LogP contribution in [0.2, 0.25) is 0 Å². The van der Waals surface area contributed by atoms with Gasteiger partial charge >= 0.3 is 0 Å². The molecule has 23 heavy (non-hydrogen) atoms. The van der Waals surface area contributed by atoms with Crippen molar-refractivity contribution in [3.05, 3.63) is 58.5 Å². The first kappa shape index (κ1) is 15.0. The number of aromatic nitrogens is 3. The number of pyridine rings is 1. The number of nitro groups is 1. The van der Waals surface area contributed by atoms with Crippen molar-refractivity contribution >= 4 is 22.5 Å². The summed E-state index contributed by atoms with van der Waals surface area (Å²) in [5, 5.41) is 13.8. The molecular weight excluding hydrogens is 294 g/mol. The van der Waals surface area contributed by atoms with Crippen LogP contribution in [-0.2, 0) is 6.54 Å². The maximum Gasteiger partial charge on any atom is 0.287 e. The van der Waals surface area contributed by atoms with Gasteiger partial charge in [0.2, 0.25) is 0 Å². The van der Waals surface area contributed by atoms with Crippen molar-refractivity contribution in [1.29, 1.82) is 0 Å². The smallest absolute Gasteiger partial charge is 0.287 e. The van der Waals surface area contributed by atoms with Crippen molar-refractivity contribution in [2.24, 2.45) is 0 Å². The third-order valence-corrected chi connectivity index (χ3v) is 3.67. The number of benzene rings is 1. The predicted octanol–water partition coefficient (Wildman–Crippen LogP) is 3.15. The number of anilines is 1. The summed E-state index contributed by atoms with van der Waals surface area (Å²) in [6.45, 7) is 3.59. The average molecular weight is 311 g/mol. The summed E-state index contributed by atoms with van der Waals surface area (Å²) in [6.07, 6.45) is 2.16. The second kappa shape index (κ2) is 6.43. The zero-order chi connectivity index (χ0) is 16.2. The molecule has 0 spiro atoms. The van der Waals surface area contributed by atoms with Crippen LogP contribution in [0.1, 0.15) is 12.2 Å². The largest absolute Gasteiger partial charge is 0.370 e. The molecule has 1 aromatic carbocycles. The van der Waals surface area contributed by atoms with Crippen molar-refractivity contribution in [1.82, 2.24) is 14.5 Å². The third kappa shape index (κ3) is 3.28. The lowest BCUT2D eigenvalue weighted by Crippen LogP contribution is -2.08. The zero-order valence-corrected chi connectivity index (χ0v) is 12.8. The van der Waals surface area contributed by atoms with Crippen molar-refractivity contribution < 1.29 is 4.92 Å². The predicted molar refractivity (Wildman–Crippen MR) is 88.5 cm³/mol. The maximum atomic E-state index is 10.6. The van der Waals surface area contributed by atoms with Crippen LogP contribution in [0.3, 0.4) is 0 Å². The van der Waals surface area contributed by atoms with Crippen molar-refractivity contribution in [3.63, 3.8) is 0 Å². The van der Waals surface area contributed by atoms with E-state index in [1.54, 1.807) is 6.07 Å². The highest BCUT2D eigenvalue weighted by Crippen LogP contribution is 2.16. The van der Waals surface area contributed by atoms with Crippen molar-refractivity contribution in [2.45, 2.75) is 19.9 Å². The minimum absolute atomic E-state index is 0.00365. The number of imidazole rings is 1. The topological polar surface area (TPSA) is 85.9 Å². The molecule has 0 bridgehead atoms. The number of rotatable bonds is 6. The Kier molecular flexibility index (Phi) is 4.18. The Hall–Kier alpha value is -2.96. The second-order valence-corrected chi connectivity index (χ2v) is 5.24. The molecule has 0 aliphatic rings. The Labute approximate surface area is 133 Å². The van der Waals surface area contributed by atoms with E-state index in [9.17, 15) is 10.1 Å². The van der Waals surface area contributed by atoms with Crippen LogP contribution < -0.4 is 5.32 Å². The molecule has 3 rings (SSSR count). The molecule has 0 atom stereocenters. The van der Waals surface area contributed by atoms with Crippen molar-refractivity contribution in [3.8, 4) is 0 Å². The molecule has 3 aromatic rings. The van der Waals surface area contributed by atoms with E-state index >= 15 is 0 Å². The van der Waals surface area contributed by atoms with E-state index in [0.29, 0.717) is 5.82 Å². The Balaban J connectivity index is 1.57. The lowest BCUT2D eigenvalue weighted by molar-refractivity contribution is -0.385. The van der Waals surface area contributed by atoms with Gasteiger partial charge in [0.15, 0.2) is 0 Å². The molecule has 0 amide bonds. The normalized spacial score (nSPS) is 10.8. The highest BCUT2D eigenvalue weighted by atomic mass is 16.6. The zero-order valence-electron chi connectivity index (χ0n) is 12.8. The van der Waals surface area contributed by atoms with Gasteiger partial charge in [-0.05, 0) is 31.5 Å². The molecular formula is C16H17N5O2. The standard InChI is InChI=1S/C16H17N5O2/c1-12-19-14-5-2-3-6-15(14)20(12)10-4-9-17-16-8-7-13(11-18-16)21(22)23/h2-3,5-8,11H,4,9-10H2,1H3,(H,17,18). The molecule has 0 aliphatic heterocycles. The Morgan fingerprint density at radius 3 is 2.83 bits per heavy atom. The minimum Gasteiger partial charge on any atom is -0.370 e. The van der Waals surface area contributed by atoms with Crippen LogP contribution in [0, 0.1) is 17.0 Å². The van der Waals surface area contributed by atoms with E-state index in [-0.39, 0.29) is 5.69 Å². The number of aryl methyl sites for hydroxylation is 2. The third-order valence-electron chi connectivity index (χ3n) is 3.67. The van der Waals surface area contributed by atoms with Gasteiger partial charge in [-0.2, -0.15) is 0 Å². The summed E-state index contributed by atoms with van der Waals surface area (Å²) >= 11 is 0. The Bertz CT molecular complexity index is 826. The SMILES string of the molecule is Cc1nc2ccccc2n1CCCNc1ccc([N+](=O)[O-])cn1. The van der Waals surface area contributed by atoms with E-state index in [1.165, 1.54) is 12.3 Å². The number of nitrogens with zero attached hydrogens (tertiary/aromatic N) is 4. The first-order valence-corrected chi connectivity index (χ1v) is 7.41. The number of para-hydroxylation sites is 2. The summed E-state index contributed by atoms with van der Waals surface area (Å²) in [5.41, 5.74) is 2.14. The summed E-state index contributed by atoms with van der Waals surface area (Å²) in [7, 11) is 0. The highest BCUT2D eigenvalue weighted by Gasteiger charge is 2.07. The first-order chi connectivity index (χ1) is 11.1. The van der Waals surface area contributed by atoms with Gasteiger partial charge in [-0.15, -0.1) is 0 Å². The molecule has 7 nitrogen and oxygen atoms in total. The molecule has 0 unspecified atom stereocenters. The molecule has 0 fully saturated rings. The molecule has 0 aliphatic carbocycles. The van der Waals surface area contributed by atoms with E-state index in [2.05, 4.69) is 25.9 Å². The Morgan fingerprint density at radius 1 is 1.26 bits per heavy atom. The Morgan fingerprint density at radius 2 is 2.09 bits per heavy atom. The molecule has 2 aromatic heterocycles. The summed E-state index contributed by atoms with van der Waals surface area (Å²) < 4.78 is 2.19. The fourth-order valence-electron chi connectivity index (χ4n) is 2.53. The molecule has 0 saturated heterocycles. The molecule has 118 valence electrons. The van der Waals surface area contributed by atoms with Gasteiger partial charge in [0.25, 0.3) is 5.69 Å². The van der Waals surface area contributed by atoms with Crippen molar-refractivity contribution in [2.75, 3.05) is 11.9 Å². The van der Waals surface area contributed by atoms with E-state index < -0.39 is 4.92 Å². The summed E-state index contributed by atoms with van der Waals surface area (Å²) in [4.78, 5) is 18.7. The number of hydrogen-bond acceptors (Lipinski definition) is 5. The monoisotopic (exact) mass is 311 g/mol. The molecule has 0 radical (unpaired) electrons. The fraction of sp³-hybridized carbons (Fsp3) is 0.250. The second-order valence-electron chi connectivity index (χ2n) is 5.24. The maximum absolute atomic E-state index is 10.6. The van der Waals surface area contributed by atoms with E-state index in [4.69, 9.17) is 0 Å². The molecule has 2 heterocycles. The molecule has 1 N–H and O–H groups in total. The lowest BCUT2D eigenvalue weighted by Gasteiger charge is -2.08. The highest BCUT2D eigenvalue weighted by molar-refractivity contribution is 5.75. The van der Waals surface area contributed by atoms with Gasteiger partial charge in [0, 0.05) is 19.2 Å². The van der Waals surface area contributed by atoms with E-state index in [1.807, 2.05) is 25.1 Å². The summed E-state index contributed by atoms with van der Waals surface area (Å²) in [6, 6.07) is 11.2. The number of fused-ring (bicyclic) bond motifs is 1. The minimum atomic E-state index is -0.455. The summed E-state index contributed by atoms with van der Waals surface area (Å²) in [5.74, 6) is 1.64. The van der Waals surface area contributed by atoms with Gasteiger partial charge in [-0.25, -0.2) is 9.97 Å². The van der Waals surface area contributed by atoms with Crippen LogP contribution >= 0.6 is 0 Å². The number of nitrogens with one attached hydrogen (secondary N) is 1. The van der Waals surface area contributed by atoms with Gasteiger partial charge in [0.1, 0.15) is 17.8 Å². The first-order valence-electron chi connectivity index (χ1n) is 7.41. The lowest BCUT2D eigenvalue weighted by atomic mass is 10.3. The van der Waals surface area contributed by atoms with Gasteiger partial charge in [-0.3, -0.25) is 10.1 Å². The van der Waals surface area contributed by atoms with Crippen LogP contribution in [0.15, 0.2) is 42.6 Å². The van der Waals surface area contributed by atoms with Gasteiger partial charge < -0.3 is 9.88 Å². The quantitative estimate of drug-likeness (QED) is 0.429. The van der Waals surface area contributed by atoms with Crippen LogP contribution in [0.25, 0.3) is 11.0 Å².